The number of hydrogen-bond donors (Lipinski definition) is 3. The highest BCUT2D eigenvalue weighted by Gasteiger charge is 2.33. The summed E-state index contributed by atoms with van der Waals surface area (Å²) < 4.78 is 10.8. The van der Waals surface area contributed by atoms with E-state index >= 15 is 0 Å². The molecule has 0 aromatic carbocycles. The number of carboxylic acids is 1. The molecule has 144 valence electrons. The Bertz CT molecular complexity index is 460. The zero-order valence-corrected chi connectivity index (χ0v) is 15.1. The van der Waals surface area contributed by atoms with E-state index < -0.39 is 36.4 Å². The Hall–Kier alpha value is -1.67. The lowest BCUT2D eigenvalue weighted by atomic mass is 9.91. The lowest BCUT2D eigenvalue weighted by Gasteiger charge is -2.33. The Morgan fingerprint density at radius 3 is 2.28 bits per heavy atom. The maximum atomic E-state index is 12.0. The van der Waals surface area contributed by atoms with Crippen molar-refractivity contribution < 1.29 is 29.0 Å². The van der Waals surface area contributed by atoms with Crippen LogP contribution in [0, 0.1) is 0 Å². The van der Waals surface area contributed by atoms with Crippen molar-refractivity contribution in [2.24, 2.45) is 5.73 Å². The minimum Gasteiger partial charge on any atom is -0.481 e. The second-order valence-corrected chi connectivity index (χ2v) is 6.55. The molecule has 0 unspecified atom stereocenters. The van der Waals surface area contributed by atoms with Crippen LogP contribution in [0.4, 0.5) is 0 Å². The van der Waals surface area contributed by atoms with Crippen molar-refractivity contribution in [3.05, 3.63) is 0 Å². The largest absolute Gasteiger partial charge is 0.481 e. The van der Waals surface area contributed by atoms with Crippen LogP contribution >= 0.6 is 0 Å². The van der Waals surface area contributed by atoms with Gasteiger partial charge in [-0.25, -0.2) is 4.79 Å². The van der Waals surface area contributed by atoms with Gasteiger partial charge in [0.2, 0.25) is 5.91 Å². The van der Waals surface area contributed by atoms with E-state index in [0.717, 1.165) is 32.1 Å². The average Bonchev–Trinajstić information content (AvgIpc) is 2.83. The summed E-state index contributed by atoms with van der Waals surface area (Å²) >= 11 is 0. The van der Waals surface area contributed by atoms with Gasteiger partial charge < -0.3 is 25.6 Å². The Morgan fingerprint density at radius 1 is 1.20 bits per heavy atom. The van der Waals surface area contributed by atoms with E-state index in [9.17, 15) is 14.4 Å². The van der Waals surface area contributed by atoms with Gasteiger partial charge in [-0.15, -0.1) is 0 Å². The molecule has 1 saturated carbocycles. The van der Waals surface area contributed by atoms with E-state index in [2.05, 4.69) is 12.2 Å². The summed E-state index contributed by atoms with van der Waals surface area (Å²) in [5.74, 6) is -2.54. The lowest BCUT2D eigenvalue weighted by Crippen LogP contribution is -2.52. The molecule has 0 aliphatic heterocycles. The number of aliphatic carboxylic acids is 1. The van der Waals surface area contributed by atoms with Crippen LogP contribution in [0.25, 0.3) is 0 Å². The van der Waals surface area contributed by atoms with Crippen molar-refractivity contribution in [3.8, 4) is 0 Å². The smallest absolute Gasteiger partial charge is 0.330 e. The summed E-state index contributed by atoms with van der Waals surface area (Å²) in [5.41, 5.74) is 5.24. The van der Waals surface area contributed by atoms with Crippen molar-refractivity contribution in [2.45, 2.75) is 76.0 Å². The Kier molecular flexibility index (Phi) is 8.85. The number of methoxy groups -OCH3 is 1. The number of carboxylic acid groups (broad SMARTS) is 1. The molecule has 1 rings (SSSR count). The first kappa shape index (κ1) is 21.4. The third-order valence-corrected chi connectivity index (χ3v) is 4.75. The highest BCUT2D eigenvalue weighted by molar-refractivity contribution is 5.89. The minimum atomic E-state index is -1.23. The van der Waals surface area contributed by atoms with Crippen LogP contribution in [0.3, 0.4) is 0 Å². The lowest BCUT2D eigenvalue weighted by molar-refractivity contribution is -0.150. The number of hydrogen-bond acceptors (Lipinski definition) is 6. The van der Waals surface area contributed by atoms with Gasteiger partial charge in [0, 0.05) is 0 Å². The van der Waals surface area contributed by atoms with E-state index in [0.29, 0.717) is 0 Å². The van der Waals surface area contributed by atoms with Crippen molar-refractivity contribution in [3.63, 3.8) is 0 Å². The third kappa shape index (κ3) is 6.99. The second kappa shape index (κ2) is 10.4. The molecule has 0 heterocycles. The molecule has 8 nitrogen and oxygen atoms in total. The number of ether oxygens (including phenoxy) is 2. The van der Waals surface area contributed by atoms with Crippen molar-refractivity contribution in [2.75, 3.05) is 13.7 Å². The molecule has 0 spiro atoms. The number of rotatable bonds is 9. The highest BCUT2D eigenvalue weighted by atomic mass is 16.5. The number of nitrogens with one attached hydrogen (secondary N) is 1. The van der Waals surface area contributed by atoms with Gasteiger partial charge in [0.25, 0.3) is 0 Å². The molecule has 1 fully saturated rings. The molecule has 0 bridgehead atoms. The topological polar surface area (TPSA) is 128 Å². The molecule has 8 heteroatoms. The van der Waals surface area contributed by atoms with Gasteiger partial charge in [-0.05, 0) is 19.3 Å². The fourth-order valence-electron chi connectivity index (χ4n) is 3.10. The Balaban J connectivity index is 2.70. The van der Waals surface area contributed by atoms with E-state index in [1.54, 1.807) is 0 Å². The SMILES string of the molecule is CCC1(OC[C@H](NC(=O)[C@@H](N)CC(=O)O)C(=O)OC)CCCCCC1. The molecule has 2 atom stereocenters. The molecule has 0 radical (unpaired) electrons. The molecule has 0 aromatic heterocycles. The summed E-state index contributed by atoms with van der Waals surface area (Å²) in [6.07, 6.45) is 6.65. The highest BCUT2D eigenvalue weighted by Crippen LogP contribution is 2.33. The fraction of sp³-hybridized carbons (Fsp3) is 0.824. The van der Waals surface area contributed by atoms with Crippen molar-refractivity contribution in [1.82, 2.24) is 5.32 Å². The predicted molar refractivity (Wildman–Crippen MR) is 90.9 cm³/mol. The van der Waals surface area contributed by atoms with Gasteiger partial charge in [-0.3, -0.25) is 9.59 Å². The zero-order chi connectivity index (χ0) is 18.9. The maximum Gasteiger partial charge on any atom is 0.330 e. The molecular weight excluding hydrogens is 328 g/mol. The van der Waals surface area contributed by atoms with E-state index in [1.807, 2.05) is 0 Å². The first-order valence-corrected chi connectivity index (χ1v) is 8.83. The molecule has 0 saturated heterocycles. The van der Waals surface area contributed by atoms with Gasteiger partial charge in [0.1, 0.15) is 0 Å². The molecule has 0 aromatic rings. The monoisotopic (exact) mass is 358 g/mol. The summed E-state index contributed by atoms with van der Waals surface area (Å²) in [6, 6.07) is -2.24. The summed E-state index contributed by atoms with van der Waals surface area (Å²) in [6.45, 7) is 2.03. The normalized spacial score (nSPS) is 19.3. The summed E-state index contributed by atoms with van der Waals surface area (Å²) in [4.78, 5) is 34.6. The first-order chi connectivity index (χ1) is 11.8. The van der Waals surface area contributed by atoms with Crippen molar-refractivity contribution in [1.29, 1.82) is 0 Å². The van der Waals surface area contributed by atoms with Gasteiger partial charge in [-0.1, -0.05) is 32.6 Å². The second-order valence-electron chi connectivity index (χ2n) is 6.55. The van der Waals surface area contributed by atoms with Gasteiger partial charge in [-0.2, -0.15) is 0 Å². The van der Waals surface area contributed by atoms with Gasteiger partial charge in [0.15, 0.2) is 6.04 Å². The number of amides is 1. The third-order valence-electron chi connectivity index (χ3n) is 4.75. The standard InChI is InChI=1S/C17H30N2O6/c1-3-17(8-6-4-5-7-9-17)25-11-13(16(23)24-2)19-15(22)12(18)10-14(20)21/h12-13H,3-11,18H2,1-2H3,(H,19,22)(H,20,21)/t12-,13-/m0/s1. The minimum absolute atomic E-state index is 0.0218. The Morgan fingerprint density at radius 2 is 1.80 bits per heavy atom. The molecule has 1 aliphatic rings. The van der Waals surface area contributed by atoms with Crippen molar-refractivity contribution >= 4 is 17.8 Å². The van der Waals surface area contributed by atoms with Gasteiger partial charge in [0.05, 0.1) is 31.8 Å². The van der Waals surface area contributed by atoms with Crippen LogP contribution < -0.4 is 11.1 Å². The fourth-order valence-corrected chi connectivity index (χ4v) is 3.10. The number of nitrogens with two attached hydrogens (primary N) is 1. The predicted octanol–water partition coefficient (Wildman–Crippen LogP) is 0.966. The number of carbonyl (C=O) groups is 3. The molecule has 1 amide bonds. The molecule has 25 heavy (non-hydrogen) atoms. The molecule has 4 N–H and O–H groups in total. The zero-order valence-electron chi connectivity index (χ0n) is 15.1. The quantitative estimate of drug-likeness (QED) is 0.414. The van der Waals surface area contributed by atoms with E-state index in [1.165, 1.54) is 20.0 Å². The van der Waals surface area contributed by atoms with Crippen LogP contribution in [-0.4, -0.2) is 54.4 Å². The summed E-state index contributed by atoms with van der Waals surface area (Å²) in [5, 5.41) is 11.2. The maximum absolute atomic E-state index is 12.0. The molecule has 1 aliphatic carbocycles. The first-order valence-electron chi connectivity index (χ1n) is 8.83. The number of esters is 1. The van der Waals surface area contributed by atoms with Gasteiger partial charge >= 0.3 is 11.9 Å². The Labute approximate surface area is 148 Å². The van der Waals surface area contributed by atoms with Crippen LogP contribution in [0.1, 0.15) is 58.3 Å². The number of carbonyl (C=O) groups excluding carboxylic acids is 2. The van der Waals surface area contributed by atoms with E-state index in [-0.39, 0.29) is 12.2 Å². The van der Waals surface area contributed by atoms with Crippen LogP contribution in [-0.2, 0) is 23.9 Å². The van der Waals surface area contributed by atoms with Crippen LogP contribution in [0.2, 0.25) is 0 Å². The van der Waals surface area contributed by atoms with Crippen LogP contribution in [0.5, 0.6) is 0 Å². The van der Waals surface area contributed by atoms with E-state index in [4.69, 9.17) is 20.3 Å². The van der Waals surface area contributed by atoms with Crippen LogP contribution in [0.15, 0.2) is 0 Å². The average molecular weight is 358 g/mol. The molecular formula is C17H30N2O6. The summed E-state index contributed by atoms with van der Waals surface area (Å²) in [7, 11) is 1.22.